The Kier molecular flexibility index (Phi) is 11.4. The molecule has 0 unspecified atom stereocenters. The van der Waals surface area contributed by atoms with Gasteiger partial charge in [-0.15, -0.1) is 0 Å². The van der Waals surface area contributed by atoms with E-state index in [-0.39, 0.29) is 10.8 Å². The van der Waals surface area contributed by atoms with Crippen LogP contribution in [0.4, 0.5) is 0 Å². The number of rotatable bonds is 13. The lowest BCUT2D eigenvalue weighted by molar-refractivity contribution is 0.586. The van der Waals surface area contributed by atoms with Gasteiger partial charge in [-0.05, 0) is 69.9 Å². The molecule has 2 aromatic rings. The summed E-state index contributed by atoms with van der Waals surface area (Å²) >= 11 is 0. The molecule has 190 valence electrons. The van der Waals surface area contributed by atoms with Crippen molar-refractivity contribution in [2.45, 2.75) is 143 Å². The van der Waals surface area contributed by atoms with Gasteiger partial charge in [-0.25, -0.2) is 0 Å². The van der Waals surface area contributed by atoms with Gasteiger partial charge in [0.05, 0.1) is 0 Å². The van der Waals surface area contributed by atoms with Gasteiger partial charge in [0, 0.05) is 0 Å². The third-order valence-electron chi connectivity index (χ3n) is 7.19. The highest BCUT2D eigenvalue weighted by molar-refractivity contribution is 5.68. The number of unbranched alkanes of at least 4 members (excludes halogenated alkanes) is 8. The normalized spacial score (nSPS) is 12.4. The second kappa shape index (κ2) is 13.5. The van der Waals surface area contributed by atoms with Crippen LogP contribution in [-0.2, 0) is 23.7 Å². The van der Waals surface area contributed by atoms with Gasteiger partial charge in [0.1, 0.15) is 0 Å². The Morgan fingerprint density at radius 3 is 1.12 bits per heavy atom. The predicted octanol–water partition coefficient (Wildman–Crippen LogP) is 11.0. The molecule has 0 bridgehead atoms. The number of hydrogen-bond acceptors (Lipinski definition) is 0. The van der Waals surface area contributed by atoms with Gasteiger partial charge < -0.3 is 0 Å². The summed E-state index contributed by atoms with van der Waals surface area (Å²) in [6.07, 6.45) is 15.8. The molecule has 0 atom stereocenters. The van der Waals surface area contributed by atoms with Crippen LogP contribution in [0.3, 0.4) is 0 Å². The van der Waals surface area contributed by atoms with Crippen LogP contribution in [0.1, 0.15) is 142 Å². The van der Waals surface area contributed by atoms with Gasteiger partial charge in [0.2, 0.25) is 0 Å². The third kappa shape index (κ3) is 9.59. The molecular formula is C34H54. The zero-order valence-corrected chi connectivity index (χ0v) is 23.9. The van der Waals surface area contributed by atoms with E-state index < -0.39 is 0 Å². The Morgan fingerprint density at radius 2 is 0.794 bits per heavy atom. The SMILES string of the molecule is CCCCCCCc1cc(-c2cc(CCCCCCC)cc(C(C)(C)C)c2)cc(C(C)(C)C)c1. The van der Waals surface area contributed by atoms with Crippen molar-refractivity contribution in [1.82, 2.24) is 0 Å². The van der Waals surface area contributed by atoms with E-state index in [0.717, 1.165) is 0 Å². The van der Waals surface area contributed by atoms with Crippen LogP contribution < -0.4 is 0 Å². The van der Waals surface area contributed by atoms with Crippen molar-refractivity contribution < 1.29 is 0 Å². The van der Waals surface area contributed by atoms with Crippen molar-refractivity contribution >= 4 is 0 Å². The summed E-state index contributed by atoms with van der Waals surface area (Å²) in [4.78, 5) is 0. The number of hydrogen-bond donors (Lipinski definition) is 0. The Labute approximate surface area is 213 Å². The van der Waals surface area contributed by atoms with Crippen LogP contribution in [0.15, 0.2) is 36.4 Å². The van der Waals surface area contributed by atoms with E-state index in [9.17, 15) is 0 Å². The van der Waals surface area contributed by atoms with Crippen LogP contribution in [0.2, 0.25) is 0 Å². The van der Waals surface area contributed by atoms with Crippen LogP contribution in [0.5, 0.6) is 0 Å². The summed E-state index contributed by atoms with van der Waals surface area (Å²) in [6, 6.07) is 14.9. The van der Waals surface area contributed by atoms with Crippen molar-refractivity contribution in [2.75, 3.05) is 0 Å². The lowest BCUT2D eigenvalue weighted by Gasteiger charge is -2.24. The number of aryl methyl sites for hydroxylation is 2. The van der Waals surface area contributed by atoms with E-state index in [0.29, 0.717) is 0 Å². The second-order valence-corrected chi connectivity index (χ2v) is 12.7. The molecule has 0 spiro atoms. The minimum atomic E-state index is 0.163. The first-order valence-corrected chi connectivity index (χ1v) is 14.3. The minimum absolute atomic E-state index is 0.163. The highest BCUT2D eigenvalue weighted by atomic mass is 14.2. The standard InChI is InChI=1S/C34H54/c1-9-11-13-15-17-19-27-21-29(25-31(23-27)33(3,4)5)30-22-28(20-18-16-14-12-10-2)24-32(26-30)34(6,7)8/h21-26H,9-20H2,1-8H3. The van der Waals surface area contributed by atoms with Crippen molar-refractivity contribution in [3.05, 3.63) is 58.7 Å². The largest absolute Gasteiger partial charge is 0.0654 e. The molecular weight excluding hydrogens is 408 g/mol. The molecule has 0 heterocycles. The lowest BCUT2D eigenvalue weighted by atomic mass is 9.81. The number of benzene rings is 2. The van der Waals surface area contributed by atoms with E-state index in [1.54, 1.807) is 0 Å². The van der Waals surface area contributed by atoms with Crippen LogP contribution in [-0.4, -0.2) is 0 Å². The topological polar surface area (TPSA) is 0 Å². The Balaban J connectivity index is 2.37. The fraction of sp³-hybridized carbons (Fsp3) is 0.647. The molecule has 2 aromatic carbocycles. The summed E-state index contributed by atoms with van der Waals surface area (Å²) in [6.45, 7) is 18.7. The maximum atomic E-state index is 2.49. The zero-order valence-electron chi connectivity index (χ0n) is 23.9. The fourth-order valence-corrected chi connectivity index (χ4v) is 4.74. The third-order valence-corrected chi connectivity index (χ3v) is 7.19. The van der Waals surface area contributed by atoms with E-state index in [1.165, 1.54) is 110 Å². The average molecular weight is 463 g/mol. The van der Waals surface area contributed by atoms with E-state index in [2.05, 4.69) is 91.8 Å². The first-order chi connectivity index (χ1) is 16.0. The highest BCUT2D eigenvalue weighted by Crippen LogP contribution is 2.34. The molecule has 0 heteroatoms. The maximum absolute atomic E-state index is 2.49. The maximum Gasteiger partial charge on any atom is -0.0132 e. The Hall–Kier alpha value is -1.56. The molecule has 0 saturated heterocycles. The lowest BCUT2D eigenvalue weighted by Crippen LogP contribution is -2.13. The average Bonchev–Trinajstić information content (AvgIpc) is 2.77. The molecule has 0 saturated carbocycles. The first-order valence-electron chi connectivity index (χ1n) is 14.3. The Bertz CT molecular complexity index is 783. The molecule has 0 fully saturated rings. The summed E-state index contributed by atoms with van der Waals surface area (Å²) in [5.41, 5.74) is 9.12. The molecule has 2 rings (SSSR count). The Morgan fingerprint density at radius 1 is 0.441 bits per heavy atom. The summed E-state index contributed by atoms with van der Waals surface area (Å²) < 4.78 is 0. The van der Waals surface area contributed by atoms with Gasteiger partial charge in [-0.3, -0.25) is 0 Å². The van der Waals surface area contributed by atoms with Gasteiger partial charge in [-0.1, -0.05) is 143 Å². The quantitative estimate of drug-likeness (QED) is 0.260. The van der Waals surface area contributed by atoms with Crippen molar-refractivity contribution in [2.24, 2.45) is 0 Å². The predicted molar refractivity (Wildman–Crippen MR) is 154 cm³/mol. The van der Waals surface area contributed by atoms with Crippen LogP contribution in [0.25, 0.3) is 11.1 Å². The summed E-state index contributed by atoms with van der Waals surface area (Å²) in [7, 11) is 0. The molecule has 0 aliphatic rings. The van der Waals surface area contributed by atoms with Crippen molar-refractivity contribution in [3.8, 4) is 11.1 Å². The summed E-state index contributed by atoms with van der Waals surface area (Å²) in [5.74, 6) is 0. The van der Waals surface area contributed by atoms with Gasteiger partial charge in [0.25, 0.3) is 0 Å². The van der Waals surface area contributed by atoms with Gasteiger partial charge in [-0.2, -0.15) is 0 Å². The monoisotopic (exact) mass is 462 g/mol. The van der Waals surface area contributed by atoms with Crippen LogP contribution >= 0.6 is 0 Å². The van der Waals surface area contributed by atoms with E-state index >= 15 is 0 Å². The molecule has 0 aliphatic heterocycles. The highest BCUT2D eigenvalue weighted by Gasteiger charge is 2.19. The zero-order chi connectivity index (χ0) is 25.2. The van der Waals surface area contributed by atoms with Crippen molar-refractivity contribution in [1.29, 1.82) is 0 Å². The minimum Gasteiger partial charge on any atom is -0.0654 e. The molecule has 0 N–H and O–H groups in total. The van der Waals surface area contributed by atoms with Crippen LogP contribution in [0, 0.1) is 0 Å². The smallest absolute Gasteiger partial charge is 0.0132 e. The van der Waals surface area contributed by atoms with E-state index in [1.807, 2.05) is 0 Å². The van der Waals surface area contributed by atoms with Crippen molar-refractivity contribution in [3.63, 3.8) is 0 Å². The molecule has 0 amide bonds. The molecule has 0 aliphatic carbocycles. The van der Waals surface area contributed by atoms with Gasteiger partial charge >= 0.3 is 0 Å². The second-order valence-electron chi connectivity index (χ2n) is 12.7. The van der Waals surface area contributed by atoms with Gasteiger partial charge in [0.15, 0.2) is 0 Å². The van der Waals surface area contributed by atoms with E-state index in [4.69, 9.17) is 0 Å². The molecule has 0 aromatic heterocycles. The molecule has 34 heavy (non-hydrogen) atoms. The fourth-order valence-electron chi connectivity index (χ4n) is 4.74. The molecule has 0 nitrogen and oxygen atoms in total. The summed E-state index contributed by atoms with van der Waals surface area (Å²) in [5, 5.41) is 0. The first kappa shape index (κ1) is 28.7. The molecule has 0 radical (unpaired) electrons.